The number of rotatable bonds is 3. The normalized spacial score (nSPS) is 19.9. The van der Waals surface area contributed by atoms with Gasteiger partial charge in [0.25, 0.3) is 0 Å². The lowest BCUT2D eigenvalue weighted by atomic mass is 9.82. The third-order valence-electron chi connectivity index (χ3n) is 8.64. The molecular formula is C50H30O. The predicted octanol–water partition coefficient (Wildman–Crippen LogP) is 14.4. The summed E-state index contributed by atoms with van der Waals surface area (Å²) in [6, 6.07) is -26.0. The molecule has 0 amide bonds. The highest BCUT2D eigenvalue weighted by atomic mass is 16.3. The van der Waals surface area contributed by atoms with Gasteiger partial charge in [-0.25, -0.2) is 0 Å². The van der Waals surface area contributed by atoms with Gasteiger partial charge in [-0.1, -0.05) is 151 Å². The van der Waals surface area contributed by atoms with Crippen molar-refractivity contribution < 1.29 is 44.2 Å². The van der Waals surface area contributed by atoms with Crippen molar-refractivity contribution in [3.63, 3.8) is 0 Å². The van der Waals surface area contributed by atoms with E-state index in [9.17, 15) is 17.8 Å². The molecule has 0 saturated heterocycles. The van der Waals surface area contributed by atoms with Crippen LogP contribution in [-0.2, 0) is 0 Å². The van der Waals surface area contributed by atoms with E-state index in [-0.39, 0.29) is 10.8 Å². The van der Waals surface area contributed by atoms with Crippen LogP contribution in [0.5, 0.6) is 0 Å². The summed E-state index contributed by atoms with van der Waals surface area (Å²) in [7, 11) is 0. The average molecular weight is 676 g/mol. The molecule has 10 aromatic carbocycles. The zero-order valence-corrected chi connectivity index (χ0v) is 25.5. The van der Waals surface area contributed by atoms with Crippen LogP contribution in [0.1, 0.15) is 39.8 Å². The van der Waals surface area contributed by atoms with E-state index in [1.165, 1.54) is 0 Å². The number of hydrogen-bond donors (Lipinski definition) is 0. The molecule has 1 heterocycles. The lowest BCUT2D eigenvalue weighted by Crippen LogP contribution is -1.93. The summed E-state index contributed by atoms with van der Waals surface area (Å²) in [5.74, 6) is 0. The van der Waals surface area contributed by atoms with Crippen molar-refractivity contribution in [3.05, 3.63) is 181 Å². The van der Waals surface area contributed by atoms with Crippen LogP contribution in [0.3, 0.4) is 0 Å². The van der Waals surface area contributed by atoms with E-state index in [4.69, 9.17) is 26.3 Å². The maximum Gasteiger partial charge on any atom is 0.143 e. The van der Waals surface area contributed by atoms with Crippen LogP contribution < -0.4 is 0 Å². The van der Waals surface area contributed by atoms with Gasteiger partial charge in [-0.15, -0.1) is 0 Å². The Morgan fingerprint density at radius 3 is 1.65 bits per heavy atom. The van der Waals surface area contributed by atoms with Gasteiger partial charge in [0.2, 0.25) is 0 Å². The minimum atomic E-state index is -1.08. The van der Waals surface area contributed by atoms with Crippen LogP contribution in [0.25, 0.3) is 109 Å². The number of hydrogen-bond acceptors (Lipinski definition) is 1. The molecule has 1 aromatic heterocycles. The topological polar surface area (TPSA) is 13.1 Å². The third-order valence-corrected chi connectivity index (χ3v) is 8.64. The zero-order valence-electron chi connectivity index (χ0n) is 54.5. The predicted molar refractivity (Wildman–Crippen MR) is 218 cm³/mol. The first-order valence-corrected chi connectivity index (χ1v) is 15.2. The van der Waals surface area contributed by atoms with E-state index in [2.05, 4.69) is 0 Å². The standard InChI is InChI=1S/C50H30O/c1-2-14-33-28-36(25-24-31(33)12-1)47-38-18-7-9-20-40(38)48(41-21-10-8-19-39(41)47)45-30-35-16-4-3-15-34(35)29-44(45)42-22-11-23-46-49(42)43-27-26-32-13-5-6-17-37(32)50(43)51-46/h1-30H/i1D,2D,3D,4D,5D,6D,7D,8D,9D,10D,11D,12D,13D,14D,15D,16D,18D,19D,20D,21D,22D,23D,24D,25D,26D,27D,28D,29D,30D. The molecule has 0 fully saturated rings. The Bertz CT molecular complexity index is 4790. The van der Waals surface area contributed by atoms with Crippen molar-refractivity contribution >= 4 is 75.8 Å². The fourth-order valence-corrected chi connectivity index (χ4v) is 6.50. The van der Waals surface area contributed by atoms with Gasteiger partial charge in [0.15, 0.2) is 0 Å². The maximum absolute atomic E-state index is 10.2. The van der Waals surface area contributed by atoms with Gasteiger partial charge in [-0.2, -0.15) is 0 Å². The minimum absolute atomic E-state index is 0.228. The lowest BCUT2D eigenvalue weighted by molar-refractivity contribution is 0.673. The van der Waals surface area contributed by atoms with Gasteiger partial charge in [0.05, 0.1) is 39.8 Å². The van der Waals surface area contributed by atoms with E-state index >= 15 is 0 Å². The van der Waals surface area contributed by atoms with Crippen molar-refractivity contribution in [1.29, 1.82) is 0 Å². The van der Waals surface area contributed by atoms with Crippen LogP contribution in [-0.4, -0.2) is 0 Å². The van der Waals surface area contributed by atoms with E-state index in [1.807, 2.05) is 0 Å². The SMILES string of the molecule is [2H]c1cc2c(c([2H])c1[2H])c([2H])c([2H])c1c2oc2c([2H])c([2H])c([2H])c(-c3c(-c4c5c([2H])c([2H])c([2H])c([2H])c5c(-c5c([2H])c([2H])c6c([2H])c([2H])c([2H])c([2H])c6c5[2H])c5c([2H])c([2H])c([2H])c([2H])c45)c([2H])c4c([2H])c([2H])c([2H])c([2H])c4c3[2H])c21. The fourth-order valence-electron chi connectivity index (χ4n) is 6.50. The lowest BCUT2D eigenvalue weighted by Gasteiger charge is -2.21. The minimum Gasteiger partial charge on any atom is -0.455 e. The van der Waals surface area contributed by atoms with Gasteiger partial charge in [0.1, 0.15) is 11.2 Å². The zero-order chi connectivity index (χ0) is 58.7. The third kappa shape index (κ3) is 4.22. The largest absolute Gasteiger partial charge is 0.455 e. The number of fused-ring (bicyclic) bond motifs is 9. The number of benzene rings is 10. The van der Waals surface area contributed by atoms with Crippen molar-refractivity contribution in [2.45, 2.75) is 0 Å². The van der Waals surface area contributed by atoms with Crippen molar-refractivity contribution in [2.24, 2.45) is 0 Å². The molecule has 0 N–H and O–H groups in total. The van der Waals surface area contributed by atoms with Gasteiger partial charge in [0, 0.05) is 16.2 Å². The van der Waals surface area contributed by atoms with Gasteiger partial charge < -0.3 is 4.42 Å². The molecule has 236 valence electrons. The molecule has 0 atom stereocenters. The Morgan fingerprint density at radius 2 is 0.922 bits per heavy atom. The molecule has 0 saturated carbocycles. The molecule has 0 spiro atoms. The van der Waals surface area contributed by atoms with Gasteiger partial charge in [-0.3, -0.25) is 0 Å². The van der Waals surface area contributed by atoms with Gasteiger partial charge >= 0.3 is 0 Å². The summed E-state index contributed by atoms with van der Waals surface area (Å²) in [5.41, 5.74) is -6.06. The highest BCUT2D eigenvalue weighted by Crippen LogP contribution is 2.49. The van der Waals surface area contributed by atoms with Crippen molar-refractivity contribution in [3.8, 4) is 33.4 Å². The molecule has 0 aliphatic heterocycles. The quantitative estimate of drug-likeness (QED) is 0.170. The first-order chi connectivity index (χ1) is 37.4. The monoisotopic (exact) mass is 675 g/mol. The van der Waals surface area contributed by atoms with E-state index in [0.717, 1.165) is 6.07 Å². The highest BCUT2D eigenvalue weighted by Gasteiger charge is 2.22. The van der Waals surface area contributed by atoms with E-state index in [1.54, 1.807) is 0 Å². The van der Waals surface area contributed by atoms with Crippen molar-refractivity contribution in [2.75, 3.05) is 0 Å². The second kappa shape index (κ2) is 10.9. The van der Waals surface area contributed by atoms with Crippen LogP contribution in [0, 0.1) is 0 Å². The Labute approximate surface area is 335 Å². The van der Waals surface area contributed by atoms with Crippen LogP contribution in [0.2, 0.25) is 0 Å². The molecule has 0 radical (unpaired) electrons. The molecule has 1 nitrogen and oxygen atoms in total. The Hall–Kier alpha value is -6.70. The molecule has 11 aromatic rings. The van der Waals surface area contributed by atoms with Crippen molar-refractivity contribution in [1.82, 2.24) is 0 Å². The first-order valence-electron chi connectivity index (χ1n) is 29.7. The molecule has 0 aliphatic rings. The van der Waals surface area contributed by atoms with Gasteiger partial charge in [-0.05, 0) is 112 Å². The summed E-state index contributed by atoms with van der Waals surface area (Å²) >= 11 is 0. The molecule has 11 rings (SSSR count). The maximum atomic E-state index is 10.2. The highest BCUT2D eigenvalue weighted by molar-refractivity contribution is 6.25. The second-order valence-electron chi connectivity index (χ2n) is 11.3. The Morgan fingerprint density at radius 1 is 0.353 bits per heavy atom. The summed E-state index contributed by atoms with van der Waals surface area (Å²) in [6.45, 7) is 0. The molecule has 0 aliphatic carbocycles. The van der Waals surface area contributed by atoms with E-state index in [0.29, 0.717) is 0 Å². The Balaban J connectivity index is 1.52. The van der Waals surface area contributed by atoms with Crippen LogP contribution >= 0.6 is 0 Å². The van der Waals surface area contributed by atoms with Crippen LogP contribution in [0.4, 0.5) is 0 Å². The van der Waals surface area contributed by atoms with E-state index < -0.39 is 274 Å². The van der Waals surface area contributed by atoms with Crippen LogP contribution in [0.15, 0.2) is 186 Å². The summed E-state index contributed by atoms with van der Waals surface area (Å²) in [4.78, 5) is 0. The fraction of sp³-hybridized carbons (Fsp3) is 0. The Kier molecular flexibility index (Phi) is 2.56. The molecule has 0 unspecified atom stereocenters. The molecule has 0 bridgehead atoms. The summed E-state index contributed by atoms with van der Waals surface area (Å²) < 4.78 is 272. The molecule has 1 heteroatoms. The number of furan rings is 1. The molecular weight excluding hydrogens is 617 g/mol. The smallest absolute Gasteiger partial charge is 0.143 e. The summed E-state index contributed by atoms with van der Waals surface area (Å²) in [6.07, 6.45) is 0. The molecule has 51 heavy (non-hydrogen) atoms. The first kappa shape index (κ1) is 12.0. The second-order valence-corrected chi connectivity index (χ2v) is 11.3. The average Bonchev–Trinajstić information content (AvgIpc) is 3.95. The summed E-state index contributed by atoms with van der Waals surface area (Å²) in [5, 5.41) is -7.69.